The van der Waals surface area contributed by atoms with Crippen LogP contribution in [0.25, 0.3) is 0 Å². The fourth-order valence-corrected chi connectivity index (χ4v) is 6.28. The molecule has 0 bridgehead atoms. The van der Waals surface area contributed by atoms with Gasteiger partial charge >= 0.3 is 0 Å². The summed E-state index contributed by atoms with van der Waals surface area (Å²) in [7, 11) is 0. The molecule has 3 aliphatic carbocycles. The summed E-state index contributed by atoms with van der Waals surface area (Å²) in [5.41, 5.74) is 0.145. The number of hydrogen-bond acceptors (Lipinski definition) is 3. The molecule has 3 nitrogen and oxygen atoms in total. The molecule has 3 saturated carbocycles. The van der Waals surface area contributed by atoms with E-state index in [4.69, 9.17) is 0 Å². The molecule has 0 aliphatic heterocycles. The van der Waals surface area contributed by atoms with E-state index in [0.717, 1.165) is 36.8 Å². The van der Waals surface area contributed by atoms with Gasteiger partial charge < -0.3 is 15.3 Å². The lowest BCUT2D eigenvalue weighted by molar-refractivity contribution is -0.0389. The third-order valence-electron chi connectivity index (χ3n) is 8.85. The molecule has 3 fully saturated rings. The number of allylic oxidation sites excluding steroid dienone is 4. The predicted octanol–water partition coefficient (Wildman–Crippen LogP) is 5.82. The first-order chi connectivity index (χ1) is 14.8. The van der Waals surface area contributed by atoms with Crippen molar-refractivity contribution in [3.63, 3.8) is 0 Å². The van der Waals surface area contributed by atoms with Crippen LogP contribution in [0.5, 0.6) is 0 Å². The normalized spacial score (nSPS) is 39.5. The Morgan fingerprint density at radius 1 is 1.19 bits per heavy atom. The molecule has 0 aromatic carbocycles. The largest absolute Gasteiger partial charge is 0.393 e. The maximum absolute atomic E-state index is 14.9. The Bertz CT molecular complexity index is 800. The van der Waals surface area contributed by atoms with Gasteiger partial charge in [-0.05, 0) is 99.7 Å². The Balaban J connectivity index is 1.78. The molecule has 0 saturated heterocycles. The standard InChI is InChI=1S/C28H43FO3/c1-18(13-15-28(6,29)26(3,4)32)23-11-12-24-20(8-7-14-27(23,24)5)9-10-21-16-22(30)17-25(31)19(21)2/h9-10,13,15,18,22-25,30-32H,2,7-8,11-12,14,16-17H2,1,3-6H3/b15-13+,20-9+,21-10+/t18-,22-,23-,24+,25+,27-,28+/m1/s1. The van der Waals surface area contributed by atoms with Crippen molar-refractivity contribution in [2.75, 3.05) is 0 Å². The maximum Gasteiger partial charge on any atom is 0.154 e. The molecule has 180 valence electrons. The molecule has 0 aromatic heterocycles. The van der Waals surface area contributed by atoms with Crippen LogP contribution in [0, 0.1) is 23.2 Å². The Kier molecular flexibility index (Phi) is 7.30. The third kappa shape index (κ3) is 4.98. The number of alkyl halides is 1. The van der Waals surface area contributed by atoms with E-state index in [9.17, 15) is 19.7 Å². The summed E-state index contributed by atoms with van der Waals surface area (Å²) in [6.45, 7) is 13.1. The van der Waals surface area contributed by atoms with Crippen molar-refractivity contribution in [3.8, 4) is 0 Å². The Morgan fingerprint density at radius 3 is 2.53 bits per heavy atom. The van der Waals surface area contributed by atoms with Gasteiger partial charge in [-0.15, -0.1) is 0 Å². The van der Waals surface area contributed by atoms with E-state index < -0.39 is 23.5 Å². The molecule has 0 amide bonds. The van der Waals surface area contributed by atoms with Crippen LogP contribution >= 0.6 is 0 Å². The summed E-state index contributed by atoms with van der Waals surface area (Å²) < 4.78 is 14.9. The minimum atomic E-state index is -1.76. The van der Waals surface area contributed by atoms with Crippen LogP contribution in [-0.4, -0.2) is 38.8 Å². The molecule has 32 heavy (non-hydrogen) atoms. The van der Waals surface area contributed by atoms with Crippen molar-refractivity contribution in [1.82, 2.24) is 0 Å². The van der Waals surface area contributed by atoms with Crippen LogP contribution in [0.2, 0.25) is 0 Å². The number of aliphatic hydroxyl groups excluding tert-OH is 2. The smallest absolute Gasteiger partial charge is 0.154 e. The lowest BCUT2D eigenvalue weighted by atomic mass is 9.61. The zero-order valence-electron chi connectivity index (χ0n) is 20.6. The fourth-order valence-electron chi connectivity index (χ4n) is 6.28. The van der Waals surface area contributed by atoms with E-state index in [-0.39, 0.29) is 11.3 Å². The topological polar surface area (TPSA) is 60.7 Å². The molecule has 3 N–H and O–H groups in total. The predicted molar refractivity (Wildman–Crippen MR) is 129 cm³/mol. The molecule has 7 atom stereocenters. The van der Waals surface area contributed by atoms with Crippen LogP contribution in [0.3, 0.4) is 0 Å². The van der Waals surface area contributed by atoms with E-state index in [1.165, 1.54) is 32.8 Å². The molecule has 0 spiro atoms. The molecular formula is C28H43FO3. The number of aliphatic hydroxyl groups is 3. The van der Waals surface area contributed by atoms with Crippen molar-refractivity contribution >= 4 is 0 Å². The van der Waals surface area contributed by atoms with E-state index in [0.29, 0.717) is 24.7 Å². The third-order valence-corrected chi connectivity index (χ3v) is 8.85. The Morgan fingerprint density at radius 2 is 1.88 bits per heavy atom. The van der Waals surface area contributed by atoms with Gasteiger partial charge in [0.25, 0.3) is 0 Å². The lowest BCUT2D eigenvalue weighted by Crippen LogP contribution is -2.42. The molecular weight excluding hydrogens is 403 g/mol. The van der Waals surface area contributed by atoms with Gasteiger partial charge in [-0.25, -0.2) is 4.39 Å². The molecule has 0 unspecified atom stereocenters. The Labute approximate surface area is 193 Å². The zero-order chi connectivity index (χ0) is 23.9. The highest BCUT2D eigenvalue weighted by molar-refractivity contribution is 5.38. The van der Waals surface area contributed by atoms with E-state index in [1.807, 2.05) is 6.08 Å². The maximum atomic E-state index is 14.9. The van der Waals surface area contributed by atoms with Crippen LogP contribution in [0.4, 0.5) is 4.39 Å². The van der Waals surface area contributed by atoms with Gasteiger partial charge in [0, 0.05) is 6.42 Å². The molecule has 4 heteroatoms. The summed E-state index contributed by atoms with van der Waals surface area (Å²) >= 11 is 0. The van der Waals surface area contributed by atoms with Crippen molar-refractivity contribution in [2.24, 2.45) is 23.2 Å². The average Bonchev–Trinajstić information content (AvgIpc) is 3.04. The van der Waals surface area contributed by atoms with E-state index >= 15 is 0 Å². The van der Waals surface area contributed by atoms with Gasteiger partial charge in [0.15, 0.2) is 5.67 Å². The van der Waals surface area contributed by atoms with Gasteiger partial charge in [0.1, 0.15) is 0 Å². The summed E-state index contributed by atoms with van der Waals surface area (Å²) in [6.07, 6.45) is 13.2. The van der Waals surface area contributed by atoms with E-state index in [1.54, 1.807) is 6.08 Å². The summed E-state index contributed by atoms with van der Waals surface area (Å²) in [5.74, 6) is 1.22. The van der Waals surface area contributed by atoms with Crippen LogP contribution in [0.1, 0.15) is 79.6 Å². The number of rotatable bonds is 5. The van der Waals surface area contributed by atoms with Crippen molar-refractivity contribution in [1.29, 1.82) is 0 Å². The quantitative estimate of drug-likeness (QED) is 0.467. The van der Waals surface area contributed by atoms with E-state index in [2.05, 4.69) is 32.6 Å². The number of halogens is 1. The first-order valence-corrected chi connectivity index (χ1v) is 12.3. The second kappa shape index (κ2) is 9.19. The molecule has 0 heterocycles. The minimum Gasteiger partial charge on any atom is -0.393 e. The highest BCUT2D eigenvalue weighted by Gasteiger charge is 2.50. The van der Waals surface area contributed by atoms with Gasteiger partial charge in [0.05, 0.1) is 17.8 Å². The van der Waals surface area contributed by atoms with Crippen LogP contribution < -0.4 is 0 Å². The van der Waals surface area contributed by atoms with Crippen molar-refractivity contribution < 1.29 is 19.7 Å². The van der Waals surface area contributed by atoms with Crippen LogP contribution in [0.15, 0.2) is 47.6 Å². The summed E-state index contributed by atoms with van der Waals surface area (Å²) in [4.78, 5) is 0. The monoisotopic (exact) mass is 446 g/mol. The van der Waals surface area contributed by atoms with Gasteiger partial charge in [-0.2, -0.15) is 0 Å². The highest BCUT2D eigenvalue weighted by atomic mass is 19.1. The highest BCUT2D eigenvalue weighted by Crippen LogP contribution is 2.59. The first kappa shape index (κ1) is 25.4. The van der Waals surface area contributed by atoms with Crippen LogP contribution in [-0.2, 0) is 0 Å². The molecule has 0 radical (unpaired) electrons. The zero-order valence-corrected chi connectivity index (χ0v) is 20.6. The lowest BCUT2D eigenvalue weighted by Gasteiger charge is -2.44. The van der Waals surface area contributed by atoms with Gasteiger partial charge in [0.2, 0.25) is 0 Å². The fraction of sp³-hybridized carbons (Fsp3) is 0.714. The molecule has 3 aliphatic rings. The van der Waals surface area contributed by atoms with Crippen molar-refractivity contribution in [3.05, 3.63) is 47.6 Å². The second-order valence-electron chi connectivity index (χ2n) is 11.5. The average molecular weight is 447 g/mol. The first-order valence-electron chi connectivity index (χ1n) is 12.3. The SMILES string of the molecule is C=C1/C(=C/C=C2\CCC[C@]3(C)[C@@H]([C@H](C)/C=C/[C@](C)(F)C(C)(C)O)CC[C@@H]23)C[C@@H](O)C[C@@H]1O. The van der Waals surface area contributed by atoms with Gasteiger partial charge in [-0.1, -0.05) is 44.2 Å². The minimum absolute atomic E-state index is 0.177. The second-order valence-corrected chi connectivity index (χ2v) is 11.5. The Hall–Kier alpha value is -1.23. The number of fused-ring (bicyclic) bond motifs is 1. The molecule has 0 aromatic rings. The summed E-state index contributed by atoms with van der Waals surface area (Å²) in [5, 5.41) is 30.3. The number of hydrogen-bond donors (Lipinski definition) is 3. The van der Waals surface area contributed by atoms with Crippen molar-refractivity contribution in [2.45, 2.75) is 103 Å². The van der Waals surface area contributed by atoms with Gasteiger partial charge in [-0.3, -0.25) is 0 Å². The molecule has 3 rings (SSSR count). The summed E-state index contributed by atoms with van der Waals surface area (Å²) in [6, 6.07) is 0.